The van der Waals surface area contributed by atoms with Crippen molar-refractivity contribution in [3.05, 3.63) is 53.7 Å². The van der Waals surface area contributed by atoms with E-state index >= 15 is 0 Å². The van der Waals surface area contributed by atoms with Crippen molar-refractivity contribution in [2.24, 2.45) is 0 Å². The fourth-order valence-corrected chi connectivity index (χ4v) is 2.51. The van der Waals surface area contributed by atoms with Crippen LogP contribution in [0.5, 0.6) is 0 Å². The van der Waals surface area contributed by atoms with Gasteiger partial charge in [0.1, 0.15) is 0 Å². The zero-order valence-electron chi connectivity index (χ0n) is 12.4. The second-order valence-electron chi connectivity index (χ2n) is 5.23. The van der Waals surface area contributed by atoms with Gasteiger partial charge in [-0.25, -0.2) is 4.79 Å². The predicted molar refractivity (Wildman–Crippen MR) is 83.5 cm³/mol. The summed E-state index contributed by atoms with van der Waals surface area (Å²) in [6.45, 7) is 2.46. The number of hydrogen-bond donors (Lipinski definition) is 1. The molecule has 1 saturated heterocycles. The molecule has 1 N–H and O–H groups in total. The van der Waals surface area contributed by atoms with Crippen molar-refractivity contribution in [2.45, 2.75) is 0 Å². The van der Waals surface area contributed by atoms with Gasteiger partial charge in [-0.05, 0) is 24.3 Å². The lowest BCUT2D eigenvalue weighted by Crippen LogP contribution is -2.49. The van der Waals surface area contributed by atoms with Crippen LogP contribution in [0.15, 0.2) is 42.5 Å². The van der Waals surface area contributed by atoms with Crippen LogP contribution < -0.4 is 4.90 Å². The van der Waals surface area contributed by atoms with Crippen molar-refractivity contribution in [2.75, 3.05) is 31.1 Å². The first-order valence-electron chi connectivity index (χ1n) is 7.31. The SMILES string of the molecule is O=C(O)c1ccc(N2CCN(C(=O)c3ccccc3)CC2)nn1. The Morgan fingerprint density at radius 3 is 2.17 bits per heavy atom. The Morgan fingerprint density at radius 2 is 1.61 bits per heavy atom. The minimum atomic E-state index is -1.10. The Bertz CT molecular complexity index is 695. The van der Waals surface area contributed by atoms with Gasteiger partial charge in [0.2, 0.25) is 0 Å². The third kappa shape index (κ3) is 3.28. The first-order valence-corrected chi connectivity index (χ1v) is 7.31. The summed E-state index contributed by atoms with van der Waals surface area (Å²) >= 11 is 0. The Balaban J connectivity index is 1.62. The van der Waals surface area contributed by atoms with Crippen LogP contribution in [0.3, 0.4) is 0 Å². The quantitative estimate of drug-likeness (QED) is 0.914. The number of hydrogen-bond acceptors (Lipinski definition) is 5. The number of carboxylic acids is 1. The van der Waals surface area contributed by atoms with Gasteiger partial charge in [-0.15, -0.1) is 10.2 Å². The van der Waals surface area contributed by atoms with Gasteiger partial charge in [-0.1, -0.05) is 18.2 Å². The number of anilines is 1. The number of carbonyl (C=O) groups is 2. The van der Waals surface area contributed by atoms with E-state index in [1.807, 2.05) is 40.1 Å². The molecule has 7 heteroatoms. The number of aromatic carboxylic acids is 1. The summed E-state index contributed by atoms with van der Waals surface area (Å²) < 4.78 is 0. The van der Waals surface area contributed by atoms with Crippen LogP contribution in [0, 0.1) is 0 Å². The number of carboxylic acid groups (broad SMARTS) is 1. The monoisotopic (exact) mass is 312 g/mol. The van der Waals surface area contributed by atoms with Gasteiger partial charge in [0.25, 0.3) is 5.91 Å². The largest absolute Gasteiger partial charge is 0.476 e. The number of aromatic nitrogens is 2. The van der Waals surface area contributed by atoms with Crippen LogP contribution >= 0.6 is 0 Å². The highest BCUT2D eigenvalue weighted by atomic mass is 16.4. The lowest BCUT2D eigenvalue weighted by Gasteiger charge is -2.35. The number of nitrogens with zero attached hydrogens (tertiary/aromatic N) is 4. The third-order valence-corrected chi connectivity index (χ3v) is 3.78. The van der Waals surface area contributed by atoms with E-state index in [-0.39, 0.29) is 11.6 Å². The molecule has 0 atom stereocenters. The van der Waals surface area contributed by atoms with Crippen LogP contribution in [0.4, 0.5) is 5.82 Å². The molecular weight excluding hydrogens is 296 g/mol. The Morgan fingerprint density at radius 1 is 0.913 bits per heavy atom. The molecule has 1 aliphatic rings. The Kier molecular flexibility index (Phi) is 4.18. The van der Waals surface area contributed by atoms with Gasteiger partial charge in [0, 0.05) is 31.7 Å². The maximum absolute atomic E-state index is 12.4. The van der Waals surface area contributed by atoms with E-state index in [1.54, 1.807) is 6.07 Å². The summed E-state index contributed by atoms with van der Waals surface area (Å²) in [5.41, 5.74) is 0.609. The fraction of sp³-hybridized carbons (Fsp3) is 0.250. The predicted octanol–water partition coefficient (Wildman–Crippen LogP) is 1.14. The number of amides is 1. The van der Waals surface area contributed by atoms with Gasteiger partial charge >= 0.3 is 5.97 Å². The smallest absolute Gasteiger partial charge is 0.356 e. The van der Waals surface area contributed by atoms with E-state index in [1.165, 1.54) is 6.07 Å². The molecule has 1 aromatic heterocycles. The highest BCUT2D eigenvalue weighted by molar-refractivity contribution is 5.94. The highest BCUT2D eigenvalue weighted by Gasteiger charge is 2.23. The molecule has 2 heterocycles. The minimum Gasteiger partial charge on any atom is -0.476 e. The van der Waals surface area contributed by atoms with E-state index in [2.05, 4.69) is 10.2 Å². The fourth-order valence-electron chi connectivity index (χ4n) is 2.51. The van der Waals surface area contributed by atoms with E-state index in [0.29, 0.717) is 37.6 Å². The van der Waals surface area contributed by atoms with Gasteiger partial charge in [0.05, 0.1) is 0 Å². The second kappa shape index (κ2) is 6.43. The molecule has 1 aliphatic heterocycles. The zero-order valence-corrected chi connectivity index (χ0v) is 12.4. The number of piperazine rings is 1. The van der Waals surface area contributed by atoms with Crippen LogP contribution in [0.2, 0.25) is 0 Å². The van der Waals surface area contributed by atoms with Gasteiger partial charge < -0.3 is 14.9 Å². The summed E-state index contributed by atoms with van der Waals surface area (Å²) in [5.74, 6) is -0.443. The summed E-state index contributed by atoms with van der Waals surface area (Å²) in [7, 11) is 0. The highest BCUT2D eigenvalue weighted by Crippen LogP contribution is 2.14. The molecule has 3 rings (SSSR count). The molecule has 0 saturated carbocycles. The molecular formula is C16H16N4O3. The maximum atomic E-state index is 12.4. The molecule has 0 radical (unpaired) electrons. The number of benzene rings is 1. The van der Waals surface area contributed by atoms with Gasteiger partial charge in [-0.2, -0.15) is 0 Å². The maximum Gasteiger partial charge on any atom is 0.356 e. The van der Waals surface area contributed by atoms with Crippen molar-refractivity contribution in [3.63, 3.8) is 0 Å². The van der Waals surface area contributed by atoms with Gasteiger partial charge in [0.15, 0.2) is 11.5 Å². The summed E-state index contributed by atoms with van der Waals surface area (Å²) in [4.78, 5) is 27.0. The van der Waals surface area contributed by atoms with E-state index in [9.17, 15) is 9.59 Å². The van der Waals surface area contributed by atoms with Crippen molar-refractivity contribution in [1.82, 2.24) is 15.1 Å². The first-order chi connectivity index (χ1) is 11.1. The second-order valence-corrected chi connectivity index (χ2v) is 5.23. The van der Waals surface area contributed by atoms with E-state index in [4.69, 9.17) is 5.11 Å². The topological polar surface area (TPSA) is 86.6 Å². The van der Waals surface area contributed by atoms with Crippen molar-refractivity contribution in [1.29, 1.82) is 0 Å². The third-order valence-electron chi connectivity index (χ3n) is 3.78. The molecule has 1 fully saturated rings. The molecule has 0 aliphatic carbocycles. The van der Waals surface area contributed by atoms with Gasteiger partial charge in [-0.3, -0.25) is 4.79 Å². The lowest BCUT2D eigenvalue weighted by atomic mass is 10.2. The normalized spacial score (nSPS) is 14.6. The average Bonchev–Trinajstić information content (AvgIpc) is 2.62. The molecule has 23 heavy (non-hydrogen) atoms. The molecule has 7 nitrogen and oxygen atoms in total. The van der Waals surface area contributed by atoms with E-state index < -0.39 is 5.97 Å². The molecule has 0 spiro atoms. The zero-order chi connectivity index (χ0) is 16.2. The van der Waals surface area contributed by atoms with Crippen molar-refractivity contribution >= 4 is 17.7 Å². The molecule has 1 aromatic carbocycles. The summed E-state index contributed by atoms with van der Waals surface area (Å²) in [5, 5.41) is 16.5. The van der Waals surface area contributed by atoms with Crippen LogP contribution in [-0.4, -0.2) is 58.3 Å². The molecule has 2 aromatic rings. The Hall–Kier alpha value is -2.96. The standard InChI is InChI=1S/C16H16N4O3/c21-15(12-4-2-1-3-5-12)20-10-8-19(9-11-20)14-7-6-13(16(22)23)17-18-14/h1-7H,8-11H2,(H,22,23). The average molecular weight is 312 g/mol. The molecule has 0 bridgehead atoms. The van der Waals surface area contributed by atoms with Crippen LogP contribution in [0.25, 0.3) is 0 Å². The lowest BCUT2D eigenvalue weighted by molar-refractivity contribution is 0.0687. The number of carbonyl (C=O) groups excluding carboxylic acids is 1. The van der Waals surface area contributed by atoms with Crippen LogP contribution in [0.1, 0.15) is 20.8 Å². The molecule has 0 unspecified atom stereocenters. The van der Waals surface area contributed by atoms with Crippen molar-refractivity contribution < 1.29 is 14.7 Å². The summed E-state index contributed by atoms with van der Waals surface area (Å²) in [6.07, 6.45) is 0. The Labute approximate surface area is 133 Å². The van der Waals surface area contributed by atoms with Crippen molar-refractivity contribution in [3.8, 4) is 0 Å². The summed E-state index contributed by atoms with van der Waals surface area (Å²) in [6, 6.07) is 12.3. The van der Waals surface area contributed by atoms with Crippen LogP contribution in [-0.2, 0) is 0 Å². The molecule has 118 valence electrons. The minimum absolute atomic E-state index is 0.0255. The molecule has 1 amide bonds. The number of rotatable bonds is 3. The first kappa shape index (κ1) is 15.0. The van der Waals surface area contributed by atoms with E-state index in [0.717, 1.165) is 0 Å².